The maximum absolute atomic E-state index is 8.15. The lowest BCUT2D eigenvalue weighted by Crippen LogP contribution is -1.89. The highest BCUT2D eigenvalue weighted by Gasteiger charge is 1.99. The summed E-state index contributed by atoms with van der Waals surface area (Å²) in [6, 6.07) is 0. The van der Waals surface area contributed by atoms with Crippen LogP contribution < -0.4 is 0 Å². The van der Waals surface area contributed by atoms with E-state index in [0.717, 1.165) is 4.47 Å². The van der Waals surface area contributed by atoms with Gasteiger partial charge in [-0.05, 0) is 15.9 Å². The minimum absolute atomic E-state index is 0.616. The van der Waals surface area contributed by atoms with Gasteiger partial charge in [0.05, 0.1) is 10.7 Å². The second kappa shape index (κ2) is 2.83. The molecule has 0 saturated carbocycles. The van der Waals surface area contributed by atoms with Crippen LogP contribution >= 0.6 is 15.9 Å². The minimum atomic E-state index is 0.616. The Morgan fingerprint density at radius 3 is 3.00 bits per heavy atom. The Bertz CT molecular complexity index is 255. The van der Waals surface area contributed by atoms with Crippen molar-refractivity contribution in [1.29, 1.82) is 0 Å². The standard InChI is InChI=1S/C5H6BrN3O/c1-9-3-4(6)5(8-9)2-7-10/h2-3,10H,1H3. The largest absolute Gasteiger partial charge is 0.411 e. The summed E-state index contributed by atoms with van der Waals surface area (Å²) in [6.07, 6.45) is 3.04. The van der Waals surface area contributed by atoms with Gasteiger partial charge in [-0.2, -0.15) is 5.10 Å². The van der Waals surface area contributed by atoms with Gasteiger partial charge in [0.2, 0.25) is 0 Å². The van der Waals surface area contributed by atoms with Crippen molar-refractivity contribution in [2.45, 2.75) is 0 Å². The molecule has 10 heavy (non-hydrogen) atoms. The maximum Gasteiger partial charge on any atom is 0.121 e. The smallest absolute Gasteiger partial charge is 0.121 e. The van der Waals surface area contributed by atoms with Gasteiger partial charge in [0.1, 0.15) is 5.69 Å². The monoisotopic (exact) mass is 203 g/mol. The summed E-state index contributed by atoms with van der Waals surface area (Å²) in [6.45, 7) is 0. The van der Waals surface area contributed by atoms with Gasteiger partial charge in [-0.3, -0.25) is 4.68 Å². The molecule has 0 fully saturated rings. The number of hydrogen-bond acceptors (Lipinski definition) is 3. The first-order valence-electron chi connectivity index (χ1n) is 2.60. The van der Waals surface area contributed by atoms with Crippen LogP contribution in [-0.2, 0) is 7.05 Å². The van der Waals surface area contributed by atoms with Crippen LogP contribution in [0.5, 0.6) is 0 Å². The summed E-state index contributed by atoms with van der Waals surface area (Å²) in [7, 11) is 1.79. The molecule has 0 aromatic carbocycles. The van der Waals surface area contributed by atoms with Gasteiger partial charge in [-0.1, -0.05) is 5.16 Å². The van der Waals surface area contributed by atoms with Crippen LogP contribution in [0, 0.1) is 0 Å². The van der Waals surface area contributed by atoms with Crippen molar-refractivity contribution in [2.24, 2.45) is 12.2 Å². The molecule has 0 saturated heterocycles. The molecule has 0 radical (unpaired) electrons. The molecule has 1 aromatic heterocycles. The summed E-state index contributed by atoms with van der Waals surface area (Å²) in [5.41, 5.74) is 0.616. The fourth-order valence-electron chi connectivity index (χ4n) is 0.619. The van der Waals surface area contributed by atoms with Gasteiger partial charge in [-0.25, -0.2) is 0 Å². The van der Waals surface area contributed by atoms with Crippen LogP contribution in [0.1, 0.15) is 5.69 Å². The second-order valence-corrected chi connectivity index (χ2v) is 2.63. The van der Waals surface area contributed by atoms with Crippen molar-refractivity contribution in [3.05, 3.63) is 16.4 Å². The average Bonchev–Trinajstić information content (AvgIpc) is 2.13. The number of aromatic nitrogens is 2. The molecular weight excluding hydrogens is 198 g/mol. The second-order valence-electron chi connectivity index (χ2n) is 1.78. The molecule has 0 atom stereocenters. The van der Waals surface area contributed by atoms with Crippen LogP contribution in [0.4, 0.5) is 0 Å². The molecule has 0 aliphatic heterocycles. The zero-order valence-corrected chi connectivity index (χ0v) is 6.91. The zero-order chi connectivity index (χ0) is 7.56. The minimum Gasteiger partial charge on any atom is -0.411 e. The normalized spacial score (nSPS) is 11.0. The number of rotatable bonds is 1. The average molecular weight is 204 g/mol. The maximum atomic E-state index is 8.15. The Balaban J connectivity index is 3.03. The van der Waals surface area contributed by atoms with Crippen molar-refractivity contribution in [2.75, 3.05) is 0 Å². The first-order chi connectivity index (χ1) is 4.74. The van der Waals surface area contributed by atoms with Gasteiger partial charge < -0.3 is 5.21 Å². The van der Waals surface area contributed by atoms with E-state index in [4.69, 9.17) is 5.21 Å². The molecule has 0 spiro atoms. The van der Waals surface area contributed by atoms with Crippen LogP contribution in [-0.4, -0.2) is 21.2 Å². The van der Waals surface area contributed by atoms with Crippen molar-refractivity contribution < 1.29 is 5.21 Å². The van der Waals surface area contributed by atoms with E-state index in [1.54, 1.807) is 17.9 Å². The van der Waals surface area contributed by atoms with E-state index in [1.807, 2.05) is 0 Å². The Labute approximate surface area is 66.3 Å². The van der Waals surface area contributed by atoms with E-state index in [9.17, 15) is 0 Å². The Morgan fingerprint density at radius 1 is 1.90 bits per heavy atom. The number of nitrogens with zero attached hydrogens (tertiary/aromatic N) is 3. The fraction of sp³-hybridized carbons (Fsp3) is 0.200. The summed E-state index contributed by atoms with van der Waals surface area (Å²) in [5.74, 6) is 0. The van der Waals surface area contributed by atoms with Crippen molar-refractivity contribution in [3.8, 4) is 0 Å². The molecule has 1 aromatic rings. The van der Waals surface area contributed by atoms with Gasteiger partial charge in [0.15, 0.2) is 0 Å². The molecule has 1 rings (SSSR count). The predicted octanol–water partition coefficient (Wildman–Crippen LogP) is 0.991. The number of aryl methyl sites for hydroxylation is 1. The van der Waals surface area contributed by atoms with Crippen LogP contribution in [0.2, 0.25) is 0 Å². The quantitative estimate of drug-likeness (QED) is 0.421. The van der Waals surface area contributed by atoms with E-state index < -0.39 is 0 Å². The molecule has 54 valence electrons. The third kappa shape index (κ3) is 1.36. The van der Waals surface area contributed by atoms with Crippen LogP contribution in [0.3, 0.4) is 0 Å². The fourth-order valence-corrected chi connectivity index (χ4v) is 1.10. The summed E-state index contributed by atoms with van der Waals surface area (Å²) < 4.78 is 2.44. The third-order valence-corrected chi connectivity index (χ3v) is 1.60. The van der Waals surface area contributed by atoms with Crippen molar-refractivity contribution >= 4 is 22.1 Å². The molecule has 0 aliphatic carbocycles. The van der Waals surface area contributed by atoms with E-state index in [-0.39, 0.29) is 0 Å². The summed E-state index contributed by atoms with van der Waals surface area (Å²) in [5, 5.41) is 15.0. The topological polar surface area (TPSA) is 50.4 Å². The molecule has 5 heteroatoms. The number of halogens is 1. The zero-order valence-electron chi connectivity index (χ0n) is 5.32. The Morgan fingerprint density at radius 2 is 2.60 bits per heavy atom. The third-order valence-electron chi connectivity index (χ3n) is 0.990. The molecular formula is C5H6BrN3O. The van der Waals surface area contributed by atoms with Crippen LogP contribution in [0.15, 0.2) is 15.8 Å². The van der Waals surface area contributed by atoms with Crippen LogP contribution in [0.25, 0.3) is 0 Å². The SMILES string of the molecule is Cn1cc(Br)c(C=NO)n1. The molecule has 4 nitrogen and oxygen atoms in total. The molecule has 0 amide bonds. The molecule has 0 aliphatic rings. The summed E-state index contributed by atoms with van der Waals surface area (Å²) in [4.78, 5) is 0. The van der Waals surface area contributed by atoms with Gasteiger partial charge in [0, 0.05) is 13.2 Å². The predicted molar refractivity (Wildman–Crippen MR) is 40.3 cm³/mol. The van der Waals surface area contributed by atoms with E-state index >= 15 is 0 Å². The Kier molecular flexibility index (Phi) is 2.06. The van der Waals surface area contributed by atoms with E-state index in [0.29, 0.717) is 5.69 Å². The lowest BCUT2D eigenvalue weighted by Gasteiger charge is -1.81. The number of oxime groups is 1. The molecule has 0 bridgehead atoms. The highest BCUT2D eigenvalue weighted by molar-refractivity contribution is 9.10. The first-order valence-corrected chi connectivity index (χ1v) is 3.40. The van der Waals surface area contributed by atoms with E-state index in [1.165, 1.54) is 6.21 Å². The molecule has 1 heterocycles. The Hall–Kier alpha value is -0.840. The lowest BCUT2D eigenvalue weighted by atomic mass is 10.5. The van der Waals surface area contributed by atoms with E-state index in [2.05, 4.69) is 26.2 Å². The summed E-state index contributed by atoms with van der Waals surface area (Å²) >= 11 is 3.23. The van der Waals surface area contributed by atoms with Crippen molar-refractivity contribution in [3.63, 3.8) is 0 Å². The van der Waals surface area contributed by atoms with Gasteiger partial charge in [-0.15, -0.1) is 0 Å². The highest BCUT2D eigenvalue weighted by Crippen LogP contribution is 2.11. The lowest BCUT2D eigenvalue weighted by molar-refractivity contribution is 0.321. The van der Waals surface area contributed by atoms with Gasteiger partial charge >= 0.3 is 0 Å². The molecule has 0 unspecified atom stereocenters. The van der Waals surface area contributed by atoms with Crippen molar-refractivity contribution in [1.82, 2.24) is 9.78 Å². The molecule has 1 N–H and O–H groups in total. The highest BCUT2D eigenvalue weighted by atomic mass is 79.9. The first kappa shape index (κ1) is 7.27. The van der Waals surface area contributed by atoms with Gasteiger partial charge in [0.25, 0.3) is 0 Å². The number of hydrogen-bond donors (Lipinski definition) is 1.